The molecule has 0 aromatic heterocycles. The molecule has 0 spiro atoms. The molecule has 2 aromatic carbocycles. The molecule has 0 radical (unpaired) electrons. The van der Waals surface area contributed by atoms with E-state index in [0.29, 0.717) is 32.9 Å². The summed E-state index contributed by atoms with van der Waals surface area (Å²) in [5, 5.41) is 14.2. The van der Waals surface area contributed by atoms with Gasteiger partial charge in [-0.15, -0.1) is 0 Å². The minimum absolute atomic E-state index is 0.108. The molecular formula is C29H42N2O6. The predicted octanol–water partition coefficient (Wildman–Crippen LogP) is 3.36. The molecule has 8 nitrogen and oxygen atoms in total. The SMILES string of the molecule is COCCCCOc1ccc(C2[C@H](O)CNC[C@@H]2OCc2ccc3c(c2)N(CCCOC)CCO3)cc1. The maximum atomic E-state index is 10.9. The number of unbranched alkanes of at least 4 members (excludes halogenated alkanes) is 1. The smallest absolute Gasteiger partial charge is 0.142 e. The van der Waals surface area contributed by atoms with E-state index in [-0.39, 0.29) is 12.0 Å². The molecule has 1 saturated heterocycles. The van der Waals surface area contributed by atoms with Crippen LogP contribution in [0.4, 0.5) is 5.69 Å². The monoisotopic (exact) mass is 514 g/mol. The number of β-amino-alcohol motifs (C(OH)–C–C–N with tert-alkyl or cyclic N) is 1. The minimum atomic E-state index is -0.521. The first-order chi connectivity index (χ1) is 18.2. The Bertz CT molecular complexity index is 940. The maximum Gasteiger partial charge on any atom is 0.142 e. The van der Waals surface area contributed by atoms with E-state index in [9.17, 15) is 5.11 Å². The third-order valence-corrected chi connectivity index (χ3v) is 7.01. The van der Waals surface area contributed by atoms with Gasteiger partial charge in [0.25, 0.3) is 0 Å². The molecule has 2 aliphatic rings. The molecule has 1 unspecified atom stereocenters. The van der Waals surface area contributed by atoms with Crippen molar-refractivity contribution in [3.05, 3.63) is 53.6 Å². The molecule has 3 atom stereocenters. The molecular weight excluding hydrogens is 472 g/mol. The highest BCUT2D eigenvalue weighted by atomic mass is 16.5. The second-order valence-corrected chi connectivity index (χ2v) is 9.70. The lowest BCUT2D eigenvalue weighted by Crippen LogP contribution is -2.49. The van der Waals surface area contributed by atoms with Crippen molar-refractivity contribution in [2.45, 2.75) is 44.0 Å². The quantitative estimate of drug-likeness (QED) is 0.372. The fourth-order valence-electron chi connectivity index (χ4n) is 5.04. The highest BCUT2D eigenvalue weighted by Crippen LogP contribution is 2.34. The number of methoxy groups -OCH3 is 2. The van der Waals surface area contributed by atoms with Gasteiger partial charge in [-0.25, -0.2) is 0 Å². The van der Waals surface area contributed by atoms with Gasteiger partial charge in [0, 0.05) is 53.0 Å². The van der Waals surface area contributed by atoms with E-state index in [1.165, 1.54) is 0 Å². The Labute approximate surface area is 220 Å². The number of anilines is 1. The van der Waals surface area contributed by atoms with Crippen molar-refractivity contribution >= 4 is 5.69 Å². The molecule has 8 heteroatoms. The van der Waals surface area contributed by atoms with Gasteiger partial charge < -0.3 is 39.0 Å². The zero-order valence-electron chi connectivity index (χ0n) is 22.2. The Morgan fingerprint density at radius 2 is 1.76 bits per heavy atom. The Kier molecular flexibility index (Phi) is 10.9. The van der Waals surface area contributed by atoms with E-state index < -0.39 is 6.10 Å². The summed E-state index contributed by atoms with van der Waals surface area (Å²) in [4.78, 5) is 2.36. The number of aliphatic hydroxyl groups excluding tert-OH is 1. The number of fused-ring (bicyclic) bond motifs is 1. The van der Waals surface area contributed by atoms with Crippen LogP contribution < -0.4 is 19.7 Å². The number of nitrogens with one attached hydrogen (secondary N) is 1. The second kappa shape index (κ2) is 14.5. The van der Waals surface area contributed by atoms with Crippen LogP contribution in [0, 0.1) is 0 Å². The van der Waals surface area contributed by atoms with E-state index in [4.69, 9.17) is 23.7 Å². The molecule has 0 amide bonds. The van der Waals surface area contributed by atoms with Gasteiger partial charge >= 0.3 is 0 Å². The third kappa shape index (κ3) is 7.82. The van der Waals surface area contributed by atoms with Crippen molar-refractivity contribution in [3.8, 4) is 11.5 Å². The number of benzene rings is 2. The Morgan fingerprint density at radius 3 is 2.57 bits per heavy atom. The number of nitrogens with zero attached hydrogens (tertiary/aromatic N) is 1. The molecule has 0 bridgehead atoms. The fraction of sp³-hybridized carbons (Fsp3) is 0.586. The predicted molar refractivity (Wildman–Crippen MR) is 144 cm³/mol. The average Bonchev–Trinajstić information content (AvgIpc) is 2.92. The summed E-state index contributed by atoms with van der Waals surface area (Å²) >= 11 is 0. The topological polar surface area (TPSA) is 81.7 Å². The number of hydrogen-bond donors (Lipinski definition) is 2. The zero-order chi connectivity index (χ0) is 25.9. The van der Waals surface area contributed by atoms with E-state index >= 15 is 0 Å². The summed E-state index contributed by atoms with van der Waals surface area (Å²) < 4.78 is 28.5. The molecule has 1 fully saturated rings. The molecule has 4 rings (SSSR count). The van der Waals surface area contributed by atoms with Crippen molar-refractivity contribution in [2.75, 3.05) is 71.7 Å². The van der Waals surface area contributed by atoms with Crippen LogP contribution >= 0.6 is 0 Å². The largest absolute Gasteiger partial charge is 0.494 e. The summed E-state index contributed by atoms with van der Waals surface area (Å²) in [6.07, 6.45) is 2.25. The van der Waals surface area contributed by atoms with Crippen LogP contribution in [0.15, 0.2) is 42.5 Å². The lowest BCUT2D eigenvalue weighted by atomic mass is 9.85. The number of hydrogen-bond acceptors (Lipinski definition) is 8. The van der Waals surface area contributed by atoms with Crippen LogP contribution in [-0.2, 0) is 20.8 Å². The van der Waals surface area contributed by atoms with Gasteiger partial charge in [-0.1, -0.05) is 18.2 Å². The summed E-state index contributed by atoms with van der Waals surface area (Å²) in [6, 6.07) is 14.3. The Morgan fingerprint density at radius 1 is 0.973 bits per heavy atom. The first kappa shape index (κ1) is 27.7. The molecule has 2 heterocycles. The maximum absolute atomic E-state index is 10.9. The summed E-state index contributed by atoms with van der Waals surface area (Å²) in [5.41, 5.74) is 3.27. The van der Waals surface area contributed by atoms with Gasteiger partial charge in [-0.3, -0.25) is 0 Å². The van der Waals surface area contributed by atoms with Crippen molar-refractivity contribution < 1.29 is 28.8 Å². The third-order valence-electron chi connectivity index (χ3n) is 7.01. The Balaban J connectivity index is 1.37. The molecule has 0 saturated carbocycles. The Hall–Kier alpha value is -2.36. The van der Waals surface area contributed by atoms with Crippen molar-refractivity contribution in [2.24, 2.45) is 0 Å². The zero-order valence-corrected chi connectivity index (χ0v) is 22.2. The van der Waals surface area contributed by atoms with Crippen LogP contribution in [-0.4, -0.2) is 84.1 Å². The molecule has 37 heavy (non-hydrogen) atoms. The van der Waals surface area contributed by atoms with E-state index in [1.54, 1.807) is 14.2 Å². The van der Waals surface area contributed by atoms with Gasteiger partial charge in [0.1, 0.15) is 18.1 Å². The highest BCUT2D eigenvalue weighted by Gasteiger charge is 2.34. The normalized spacial score (nSPS) is 21.4. The van der Waals surface area contributed by atoms with Gasteiger partial charge in [0.15, 0.2) is 0 Å². The number of piperidine rings is 1. The van der Waals surface area contributed by atoms with Crippen LogP contribution in [0.1, 0.15) is 36.3 Å². The number of aliphatic hydroxyl groups is 1. The van der Waals surface area contributed by atoms with Crippen LogP contribution in [0.2, 0.25) is 0 Å². The summed E-state index contributed by atoms with van der Waals surface area (Å²) in [5.74, 6) is 1.65. The summed E-state index contributed by atoms with van der Waals surface area (Å²) in [7, 11) is 3.45. The van der Waals surface area contributed by atoms with Crippen molar-refractivity contribution in [1.29, 1.82) is 0 Å². The van der Waals surface area contributed by atoms with E-state index in [2.05, 4.69) is 22.3 Å². The van der Waals surface area contributed by atoms with E-state index in [0.717, 1.165) is 73.9 Å². The first-order valence-electron chi connectivity index (χ1n) is 13.4. The first-order valence-corrected chi connectivity index (χ1v) is 13.4. The van der Waals surface area contributed by atoms with Crippen LogP contribution in [0.25, 0.3) is 0 Å². The molecule has 0 aliphatic carbocycles. The van der Waals surface area contributed by atoms with Crippen LogP contribution in [0.5, 0.6) is 11.5 Å². The highest BCUT2D eigenvalue weighted by molar-refractivity contribution is 5.61. The summed E-state index contributed by atoms with van der Waals surface area (Å²) in [6.45, 7) is 6.37. The van der Waals surface area contributed by atoms with E-state index in [1.807, 2.05) is 30.3 Å². The second-order valence-electron chi connectivity index (χ2n) is 9.70. The lowest BCUT2D eigenvalue weighted by Gasteiger charge is -2.36. The van der Waals surface area contributed by atoms with Crippen LogP contribution in [0.3, 0.4) is 0 Å². The molecule has 204 valence electrons. The molecule has 2 N–H and O–H groups in total. The molecule has 2 aliphatic heterocycles. The lowest BCUT2D eigenvalue weighted by molar-refractivity contribution is -0.0328. The number of ether oxygens (including phenoxy) is 5. The van der Waals surface area contributed by atoms with Gasteiger partial charge in [0.05, 0.1) is 37.7 Å². The minimum Gasteiger partial charge on any atom is -0.494 e. The van der Waals surface area contributed by atoms with Crippen molar-refractivity contribution in [1.82, 2.24) is 5.32 Å². The van der Waals surface area contributed by atoms with Gasteiger partial charge in [-0.2, -0.15) is 0 Å². The average molecular weight is 515 g/mol. The fourth-order valence-corrected chi connectivity index (χ4v) is 5.04. The number of rotatable bonds is 14. The molecule has 2 aromatic rings. The van der Waals surface area contributed by atoms with Gasteiger partial charge in [0.2, 0.25) is 0 Å². The standard InChI is InChI=1S/C29H42N2O6/c1-33-14-3-4-16-35-24-9-7-23(8-10-24)29-26(32)19-30-20-28(29)37-21-22-6-11-27-25(18-22)31(13-17-36-27)12-5-15-34-2/h6-11,18,26,28-30,32H,3-5,12-17,19-21H2,1-2H3/t26-,28+,29?/m1/s1. The van der Waals surface area contributed by atoms with Gasteiger partial charge in [-0.05, 0) is 54.7 Å². The van der Waals surface area contributed by atoms with Crippen molar-refractivity contribution in [3.63, 3.8) is 0 Å².